The normalized spacial score (nSPS) is 12.8. The lowest BCUT2D eigenvalue weighted by atomic mass is 10.1. The lowest BCUT2D eigenvalue weighted by Crippen LogP contribution is -2.06. The van der Waals surface area contributed by atoms with Crippen LogP contribution in [0.5, 0.6) is 0 Å². The summed E-state index contributed by atoms with van der Waals surface area (Å²) in [6.45, 7) is 1.99. The number of aliphatic hydroxyl groups excluding tert-OH is 1. The molecule has 1 aromatic rings. The van der Waals surface area contributed by atoms with Gasteiger partial charge in [0.1, 0.15) is 0 Å². The second-order valence-corrected chi connectivity index (χ2v) is 2.92. The average molecular weight is 165 g/mol. The molecule has 2 nitrogen and oxygen atoms in total. The number of rotatable bonds is 4. The van der Waals surface area contributed by atoms with Crippen LogP contribution in [0.25, 0.3) is 0 Å². The summed E-state index contributed by atoms with van der Waals surface area (Å²) in [7, 11) is 0. The van der Waals surface area contributed by atoms with E-state index < -0.39 is 0 Å². The molecule has 1 atom stereocenters. The van der Waals surface area contributed by atoms with E-state index in [0.29, 0.717) is 0 Å². The zero-order chi connectivity index (χ0) is 8.81. The van der Waals surface area contributed by atoms with Crippen molar-refractivity contribution in [1.29, 1.82) is 0 Å². The smallest absolute Gasteiger partial charge is 0.0541 e. The quantitative estimate of drug-likeness (QED) is 0.737. The van der Waals surface area contributed by atoms with Gasteiger partial charge in [0.05, 0.1) is 6.10 Å². The molecule has 0 amide bonds. The summed E-state index contributed by atoms with van der Waals surface area (Å²) >= 11 is 0. The van der Waals surface area contributed by atoms with Crippen molar-refractivity contribution in [2.45, 2.75) is 32.3 Å². The summed E-state index contributed by atoms with van der Waals surface area (Å²) < 4.78 is 0. The summed E-state index contributed by atoms with van der Waals surface area (Å²) in [5, 5.41) is 9.29. The predicted molar refractivity (Wildman–Crippen MR) is 48.9 cm³/mol. The molecule has 1 heterocycles. The van der Waals surface area contributed by atoms with E-state index in [1.165, 1.54) is 0 Å². The first-order chi connectivity index (χ1) is 5.83. The molecule has 0 unspecified atom stereocenters. The molecule has 1 rings (SSSR count). The number of pyridine rings is 1. The van der Waals surface area contributed by atoms with Gasteiger partial charge in [-0.2, -0.15) is 0 Å². The molecular weight excluding hydrogens is 150 g/mol. The summed E-state index contributed by atoms with van der Waals surface area (Å²) in [5.74, 6) is 0. The van der Waals surface area contributed by atoms with Crippen LogP contribution in [-0.2, 0) is 6.42 Å². The topological polar surface area (TPSA) is 33.1 Å². The van der Waals surface area contributed by atoms with Crippen molar-refractivity contribution in [3.05, 3.63) is 30.1 Å². The first-order valence-corrected chi connectivity index (χ1v) is 4.41. The zero-order valence-corrected chi connectivity index (χ0v) is 7.40. The third-order valence-electron chi connectivity index (χ3n) is 1.93. The maximum Gasteiger partial charge on any atom is 0.0541 e. The Morgan fingerprint density at radius 3 is 2.92 bits per heavy atom. The molecule has 1 N–H and O–H groups in total. The summed E-state index contributed by atoms with van der Waals surface area (Å²) in [4.78, 5) is 4.17. The van der Waals surface area contributed by atoms with Gasteiger partial charge in [-0.05, 0) is 31.4 Å². The van der Waals surface area contributed by atoms with Gasteiger partial charge >= 0.3 is 0 Å². The molecule has 0 saturated carbocycles. The maximum atomic E-state index is 9.29. The van der Waals surface area contributed by atoms with Crippen molar-refractivity contribution >= 4 is 0 Å². The minimum absolute atomic E-state index is 0.174. The molecule has 12 heavy (non-hydrogen) atoms. The molecule has 0 spiro atoms. The number of nitrogens with zero attached hydrogens (tertiary/aromatic N) is 1. The van der Waals surface area contributed by atoms with Gasteiger partial charge in [0.2, 0.25) is 0 Å². The highest BCUT2D eigenvalue weighted by molar-refractivity contribution is 5.03. The summed E-state index contributed by atoms with van der Waals surface area (Å²) in [6, 6.07) is 5.86. The van der Waals surface area contributed by atoms with Crippen molar-refractivity contribution in [3.8, 4) is 0 Å². The van der Waals surface area contributed by atoms with Gasteiger partial charge in [-0.3, -0.25) is 4.98 Å². The van der Waals surface area contributed by atoms with Gasteiger partial charge in [-0.1, -0.05) is 13.0 Å². The molecule has 0 saturated heterocycles. The fourth-order valence-corrected chi connectivity index (χ4v) is 1.06. The summed E-state index contributed by atoms with van der Waals surface area (Å²) in [6.07, 6.45) is 4.12. The van der Waals surface area contributed by atoms with Crippen molar-refractivity contribution in [2.75, 3.05) is 0 Å². The minimum Gasteiger partial charge on any atom is -0.393 e. The fourth-order valence-electron chi connectivity index (χ4n) is 1.06. The van der Waals surface area contributed by atoms with E-state index in [2.05, 4.69) is 4.98 Å². The average Bonchev–Trinajstić information content (AvgIpc) is 2.16. The first-order valence-electron chi connectivity index (χ1n) is 4.41. The van der Waals surface area contributed by atoms with Crippen LogP contribution in [0.3, 0.4) is 0 Å². The Hall–Kier alpha value is -0.890. The second kappa shape index (κ2) is 4.88. The van der Waals surface area contributed by atoms with Crippen LogP contribution in [-0.4, -0.2) is 16.2 Å². The van der Waals surface area contributed by atoms with Gasteiger partial charge < -0.3 is 5.11 Å². The molecule has 2 heteroatoms. The van der Waals surface area contributed by atoms with E-state index in [-0.39, 0.29) is 6.10 Å². The van der Waals surface area contributed by atoms with E-state index in [0.717, 1.165) is 25.0 Å². The monoisotopic (exact) mass is 165 g/mol. The van der Waals surface area contributed by atoms with Gasteiger partial charge in [0, 0.05) is 11.9 Å². The Balaban J connectivity index is 2.33. The lowest BCUT2D eigenvalue weighted by molar-refractivity contribution is 0.160. The van der Waals surface area contributed by atoms with Gasteiger partial charge in [0.25, 0.3) is 0 Å². The molecule has 0 aliphatic rings. The van der Waals surface area contributed by atoms with Crippen molar-refractivity contribution < 1.29 is 5.11 Å². The second-order valence-electron chi connectivity index (χ2n) is 2.92. The van der Waals surface area contributed by atoms with E-state index in [1.54, 1.807) is 6.20 Å². The Bertz CT molecular complexity index is 210. The van der Waals surface area contributed by atoms with Crippen molar-refractivity contribution in [1.82, 2.24) is 4.98 Å². The fraction of sp³-hybridized carbons (Fsp3) is 0.500. The largest absolute Gasteiger partial charge is 0.393 e. The molecule has 0 aliphatic heterocycles. The Morgan fingerprint density at radius 2 is 2.33 bits per heavy atom. The van der Waals surface area contributed by atoms with Crippen molar-refractivity contribution in [3.63, 3.8) is 0 Å². The van der Waals surface area contributed by atoms with Crippen LogP contribution >= 0.6 is 0 Å². The molecular formula is C10H15NO. The highest BCUT2D eigenvalue weighted by Gasteiger charge is 2.00. The zero-order valence-electron chi connectivity index (χ0n) is 7.40. The van der Waals surface area contributed by atoms with Crippen molar-refractivity contribution in [2.24, 2.45) is 0 Å². The van der Waals surface area contributed by atoms with Crippen LogP contribution in [0.2, 0.25) is 0 Å². The van der Waals surface area contributed by atoms with Crippen LogP contribution in [0.15, 0.2) is 24.4 Å². The van der Waals surface area contributed by atoms with E-state index in [4.69, 9.17) is 0 Å². The molecule has 1 aromatic heterocycles. The Kier molecular flexibility index (Phi) is 3.74. The van der Waals surface area contributed by atoms with Crippen LogP contribution in [0.4, 0.5) is 0 Å². The SMILES string of the molecule is CC[C@H](O)CCc1ccccn1. The number of aromatic nitrogens is 1. The van der Waals surface area contributed by atoms with Crippen LogP contribution in [0, 0.1) is 0 Å². The van der Waals surface area contributed by atoms with E-state index in [9.17, 15) is 5.11 Å². The number of aryl methyl sites for hydroxylation is 1. The molecule has 0 aromatic carbocycles. The Morgan fingerprint density at radius 1 is 1.50 bits per heavy atom. The highest BCUT2D eigenvalue weighted by atomic mass is 16.3. The molecule has 0 radical (unpaired) electrons. The third kappa shape index (κ3) is 3.01. The predicted octanol–water partition coefficient (Wildman–Crippen LogP) is 1.79. The number of hydrogen-bond donors (Lipinski definition) is 1. The maximum absolute atomic E-state index is 9.29. The van der Waals surface area contributed by atoms with Crippen LogP contribution < -0.4 is 0 Å². The Labute approximate surface area is 73.3 Å². The molecule has 0 fully saturated rings. The van der Waals surface area contributed by atoms with Gasteiger partial charge in [-0.15, -0.1) is 0 Å². The molecule has 0 aliphatic carbocycles. The minimum atomic E-state index is -0.174. The standard InChI is InChI=1S/C10H15NO/c1-2-10(12)7-6-9-5-3-4-8-11-9/h3-5,8,10,12H,2,6-7H2,1H3/t10-/m0/s1. The van der Waals surface area contributed by atoms with Crippen LogP contribution in [0.1, 0.15) is 25.5 Å². The van der Waals surface area contributed by atoms with Gasteiger partial charge in [0.15, 0.2) is 0 Å². The third-order valence-corrected chi connectivity index (χ3v) is 1.93. The molecule has 66 valence electrons. The van der Waals surface area contributed by atoms with E-state index in [1.807, 2.05) is 25.1 Å². The van der Waals surface area contributed by atoms with Gasteiger partial charge in [-0.25, -0.2) is 0 Å². The first kappa shape index (κ1) is 9.20. The van der Waals surface area contributed by atoms with E-state index >= 15 is 0 Å². The number of hydrogen-bond acceptors (Lipinski definition) is 2. The highest BCUT2D eigenvalue weighted by Crippen LogP contribution is 2.03. The lowest BCUT2D eigenvalue weighted by Gasteiger charge is -2.05. The number of aliphatic hydroxyl groups is 1. The molecule has 0 bridgehead atoms. The summed E-state index contributed by atoms with van der Waals surface area (Å²) in [5.41, 5.74) is 1.06.